The standard InChI is InChI=1S/C17H21N3O4S/c1-3-24-10-4-9-18-16(22)14-11-25-17(19-14)20-15(21)12-5-7-13(23-2)8-6-12/h5-8,11H,3-4,9-10H2,1-2H3,(H,18,22)(H,19,20,21). The summed E-state index contributed by atoms with van der Waals surface area (Å²) in [5, 5.41) is 7.44. The van der Waals surface area contributed by atoms with E-state index >= 15 is 0 Å². The fourth-order valence-electron chi connectivity index (χ4n) is 1.96. The number of hydrogen-bond acceptors (Lipinski definition) is 6. The quantitative estimate of drug-likeness (QED) is 0.668. The number of anilines is 1. The fraction of sp³-hybridized carbons (Fsp3) is 0.353. The van der Waals surface area contributed by atoms with E-state index in [2.05, 4.69) is 15.6 Å². The van der Waals surface area contributed by atoms with E-state index in [0.717, 1.165) is 6.42 Å². The zero-order chi connectivity index (χ0) is 18.1. The maximum Gasteiger partial charge on any atom is 0.270 e. The average molecular weight is 363 g/mol. The molecule has 0 unspecified atom stereocenters. The summed E-state index contributed by atoms with van der Waals surface area (Å²) in [6.07, 6.45) is 0.741. The van der Waals surface area contributed by atoms with Crippen molar-refractivity contribution in [1.82, 2.24) is 10.3 Å². The first-order chi connectivity index (χ1) is 12.1. The second kappa shape index (κ2) is 9.75. The molecule has 0 atom stereocenters. The molecule has 0 aliphatic carbocycles. The number of carbonyl (C=O) groups excluding carboxylic acids is 2. The molecule has 134 valence electrons. The number of aromatic nitrogens is 1. The van der Waals surface area contributed by atoms with Crippen molar-refractivity contribution in [2.45, 2.75) is 13.3 Å². The third-order valence-electron chi connectivity index (χ3n) is 3.26. The number of amides is 2. The van der Waals surface area contributed by atoms with E-state index in [-0.39, 0.29) is 17.5 Å². The molecular weight excluding hydrogens is 342 g/mol. The highest BCUT2D eigenvalue weighted by Crippen LogP contribution is 2.17. The van der Waals surface area contributed by atoms with Gasteiger partial charge >= 0.3 is 0 Å². The van der Waals surface area contributed by atoms with Crippen LogP contribution in [0, 0.1) is 0 Å². The molecule has 7 nitrogen and oxygen atoms in total. The minimum absolute atomic E-state index is 0.266. The van der Waals surface area contributed by atoms with Gasteiger partial charge in [-0.05, 0) is 37.6 Å². The predicted molar refractivity (Wildman–Crippen MR) is 96.5 cm³/mol. The first-order valence-electron chi connectivity index (χ1n) is 7.91. The SMILES string of the molecule is CCOCCCNC(=O)c1csc(NC(=O)c2ccc(OC)cc2)n1. The van der Waals surface area contributed by atoms with Crippen molar-refractivity contribution in [3.05, 3.63) is 40.9 Å². The van der Waals surface area contributed by atoms with Gasteiger partial charge in [0.25, 0.3) is 11.8 Å². The predicted octanol–water partition coefficient (Wildman–Crippen LogP) is 2.56. The van der Waals surface area contributed by atoms with Crippen LogP contribution in [-0.4, -0.2) is 43.7 Å². The summed E-state index contributed by atoms with van der Waals surface area (Å²) in [6, 6.07) is 6.73. The summed E-state index contributed by atoms with van der Waals surface area (Å²) in [5.41, 5.74) is 0.768. The summed E-state index contributed by atoms with van der Waals surface area (Å²) < 4.78 is 10.3. The van der Waals surface area contributed by atoms with Gasteiger partial charge in [-0.2, -0.15) is 0 Å². The minimum Gasteiger partial charge on any atom is -0.497 e. The lowest BCUT2D eigenvalue weighted by atomic mass is 10.2. The first-order valence-corrected chi connectivity index (χ1v) is 8.79. The molecule has 25 heavy (non-hydrogen) atoms. The highest BCUT2D eigenvalue weighted by Gasteiger charge is 2.13. The van der Waals surface area contributed by atoms with Crippen LogP contribution in [0.2, 0.25) is 0 Å². The maximum absolute atomic E-state index is 12.2. The van der Waals surface area contributed by atoms with E-state index in [1.807, 2.05) is 6.92 Å². The number of rotatable bonds is 9. The molecule has 0 aliphatic rings. The molecule has 0 saturated heterocycles. The lowest BCUT2D eigenvalue weighted by molar-refractivity contribution is 0.0938. The van der Waals surface area contributed by atoms with Crippen LogP contribution < -0.4 is 15.4 Å². The number of methoxy groups -OCH3 is 1. The fourth-order valence-corrected chi connectivity index (χ4v) is 2.64. The summed E-state index contributed by atoms with van der Waals surface area (Å²) in [4.78, 5) is 28.3. The van der Waals surface area contributed by atoms with Gasteiger partial charge in [0, 0.05) is 30.7 Å². The molecule has 2 aromatic rings. The van der Waals surface area contributed by atoms with Crippen molar-refractivity contribution in [1.29, 1.82) is 0 Å². The average Bonchev–Trinajstić information content (AvgIpc) is 3.10. The van der Waals surface area contributed by atoms with Crippen molar-refractivity contribution >= 4 is 28.3 Å². The van der Waals surface area contributed by atoms with Gasteiger partial charge < -0.3 is 14.8 Å². The Labute approximate surface area is 150 Å². The van der Waals surface area contributed by atoms with Gasteiger partial charge in [0.15, 0.2) is 5.13 Å². The van der Waals surface area contributed by atoms with E-state index in [0.29, 0.717) is 36.2 Å². The van der Waals surface area contributed by atoms with Crippen molar-refractivity contribution < 1.29 is 19.1 Å². The third-order valence-corrected chi connectivity index (χ3v) is 4.02. The van der Waals surface area contributed by atoms with Gasteiger partial charge in [0.2, 0.25) is 0 Å². The summed E-state index contributed by atoms with van der Waals surface area (Å²) >= 11 is 1.20. The molecule has 0 fully saturated rings. The highest BCUT2D eigenvalue weighted by molar-refractivity contribution is 7.14. The minimum atomic E-state index is -0.291. The normalized spacial score (nSPS) is 10.3. The molecule has 1 heterocycles. The van der Waals surface area contributed by atoms with Crippen molar-refractivity contribution in [2.24, 2.45) is 0 Å². The molecule has 0 spiro atoms. The number of nitrogens with zero attached hydrogens (tertiary/aromatic N) is 1. The lowest BCUT2D eigenvalue weighted by Crippen LogP contribution is -2.25. The van der Waals surface area contributed by atoms with Crippen LogP contribution in [0.5, 0.6) is 5.75 Å². The number of carbonyl (C=O) groups is 2. The smallest absolute Gasteiger partial charge is 0.270 e. The number of benzene rings is 1. The van der Waals surface area contributed by atoms with Crippen molar-refractivity contribution in [2.75, 3.05) is 32.2 Å². The van der Waals surface area contributed by atoms with Crippen LogP contribution in [0.15, 0.2) is 29.6 Å². The van der Waals surface area contributed by atoms with Crippen LogP contribution >= 0.6 is 11.3 Å². The molecule has 0 saturated carbocycles. The molecule has 0 aliphatic heterocycles. The topological polar surface area (TPSA) is 89.6 Å². The summed E-state index contributed by atoms with van der Waals surface area (Å²) in [6.45, 7) is 3.72. The summed E-state index contributed by atoms with van der Waals surface area (Å²) in [5.74, 6) is 0.118. The Balaban J connectivity index is 1.85. The third kappa shape index (κ3) is 5.84. The lowest BCUT2D eigenvalue weighted by Gasteiger charge is -2.04. The molecule has 2 rings (SSSR count). The Bertz CT molecular complexity index is 700. The van der Waals surface area contributed by atoms with E-state index in [1.165, 1.54) is 11.3 Å². The zero-order valence-corrected chi connectivity index (χ0v) is 15.0. The molecule has 1 aromatic carbocycles. The van der Waals surface area contributed by atoms with Gasteiger partial charge in [-0.15, -0.1) is 11.3 Å². The Morgan fingerprint density at radius 1 is 1.20 bits per heavy atom. The molecule has 8 heteroatoms. The Morgan fingerprint density at radius 3 is 2.64 bits per heavy atom. The van der Waals surface area contributed by atoms with Gasteiger partial charge in [-0.1, -0.05) is 0 Å². The number of nitrogens with one attached hydrogen (secondary N) is 2. The maximum atomic E-state index is 12.2. The second-order valence-corrected chi connectivity index (χ2v) is 5.89. The zero-order valence-electron chi connectivity index (χ0n) is 14.2. The molecular formula is C17H21N3O4S. The van der Waals surface area contributed by atoms with Gasteiger partial charge in [0.05, 0.1) is 7.11 Å². The molecule has 2 amide bonds. The van der Waals surface area contributed by atoms with Gasteiger partial charge in [-0.3, -0.25) is 14.9 Å². The van der Waals surface area contributed by atoms with Crippen LogP contribution in [0.3, 0.4) is 0 Å². The molecule has 2 N–H and O–H groups in total. The van der Waals surface area contributed by atoms with E-state index in [1.54, 1.807) is 36.8 Å². The van der Waals surface area contributed by atoms with E-state index in [9.17, 15) is 9.59 Å². The Kier molecular flexibility index (Phi) is 7.36. The number of hydrogen-bond donors (Lipinski definition) is 2. The summed E-state index contributed by atoms with van der Waals surface area (Å²) in [7, 11) is 1.56. The van der Waals surface area contributed by atoms with E-state index in [4.69, 9.17) is 9.47 Å². The number of ether oxygens (including phenoxy) is 2. The molecule has 0 radical (unpaired) electrons. The van der Waals surface area contributed by atoms with Gasteiger partial charge in [-0.25, -0.2) is 4.98 Å². The molecule has 1 aromatic heterocycles. The largest absolute Gasteiger partial charge is 0.497 e. The Hall–Kier alpha value is -2.45. The highest BCUT2D eigenvalue weighted by atomic mass is 32.1. The Morgan fingerprint density at radius 2 is 1.96 bits per heavy atom. The number of thiazole rings is 1. The van der Waals surface area contributed by atoms with Crippen LogP contribution in [0.4, 0.5) is 5.13 Å². The van der Waals surface area contributed by atoms with Crippen LogP contribution in [0.1, 0.15) is 34.2 Å². The first kappa shape index (κ1) is 18.9. The van der Waals surface area contributed by atoms with Crippen LogP contribution in [0.25, 0.3) is 0 Å². The monoisotopic (exact) mass is 363 g/mol. The second-order valence-electron chi connectivity index (χ2n) is 5.03. The van der Waals surface area contributed by atoms with Crippen LogP contribution in [-0.2, 0) is 4.74 Å². The van der Waals surface area contributed by atoms with E-state index < -0.39 is 0 Å². The molecule has 0 bridgehead atoms. The van der Waals surface area contributed by atoms with Gasteiger partial charge in [0.1, 0.15) is 11.4 Å². The van der Waals surface area contributed by atoms with Crippen molar-refractivity contribution in [3.63, 3.8) is 0 Å². The van der Waals surface area contributed by atoms with Crippen molar-refractivity contribution in [3.8, 4) is 5.75 Å².